The standard InChI is InChI=1S/C48H40N2S2/c1-47(2)43(33-25-29-39(30-26-33)49(35-17-9-5-10-18-35)36-19-11-6-12-20-36)41-42(45(47)51)44(48(3,4)46(41)52)34-27-31-40(32-28-34)50(37-21-13-7-14-22-37)38-23-15-8-16-24-38/h5-32H,1-4H3. The number of thiocarbonyl (C=S) groups is 2. The van der Waals surface area contributed by atoms with Crippen molar-refractivity contribution >= 4 is 79.4 Å². The third-order valence-electron chi connectivity index (χ3n) is 10.5. The molecule has 0 bridgehead atoms. The molecule has 6 aromatic rings. The van der Waals surface area contributed by atoms with Crippen molar-refractivity contribution in [2.75, 3.05) is 9.80 Å². The highest BCUT2D eigenvalue weighted by Gasteiger charge is 2.52. The van der Waals surface area contributed by atoms with Gasteiger partial charge >= 0.3 is 0 Å². The molecular formula is C48H40N2S2. The highest BCUT2D eigenvalue weighted by molar-refractivity contribution is 7.82. The van der Waals surface area contributed by atoms with Crippen LogP contribution in [0.2, 0.25) is 0 Å². The third-order valence-corrected chi connectivity index (χ3v) is 11.9. The summed E-state index contributed by atoms with van der Waals surface area (Å²) in [6.07, 6.45) is 0. The van der Waals surface area contributed by atoms with Gasteiger partial charge in [-0.1, -0.05) is 149 Å². The van der Waals surface area contributed by atoms with Crippen molar-refractivity contribution in [2.24, 2.45) is 10.8 Å². The summed E-state index contributed by atoms with van der Waals surface area (Å²) in [5.74, 6) is 0. The first-order chi connectivity index (χ1) is 25.2. The Labute approximate surface area is 318 Å². The molecular weight excluding hydrogens is 669 g/mol. The fourth-order valence-corrected chi connectivity index (χ4v) is 8.56. The molecule has 8 rings (SSSR count). The lowest BCUT2D eigenvalue weighted by Crippen LogP contribution is -2.24. The van der Waals surface area contributed by atoms with Gasteiger partial charge in [-0.25, -0.2) is 0 Å². The van der Waals surface area contributed by atoms with Gasteiger partial charge in [-0.05, 0) is 95.1 Å². The smallest absolute Gasteiger partial charge is 0.0462 e. The Hall–Kier alpha value is -5.42. The van der Waals surface area contributed by atoms with Gasteiger partial charge in [0.1, 0.15) is 0 Å². The maximum Gasteiger partial charge on any atom is 0.0462 e. The van der Waals surface area contributed by atoms with Crippen molar-refractivity contribution in [3.8, 4) is 0 Å². The van der Waals surface area contributed by atoms with Gasteiger partial charge in [-0.15, -0.1) is 0 Å². The minimum atomic E-state index is -0.372. The van der Waals surface area contributed by atoms with Crippen LogP contribution in [0.3, 0.4) is 0 Å². The monoisotopic (exact) mass is 708 g/mol. The molecule has 0 atom stereocenters. The first-order valence-corrected chi connectivity index (χ1v) is 18.6. The van der Waals surface area contributed by atoms with Crippen molar-refractivity contribution in [1.29, 1.82) is 0 Å². The third kappa shape index (κ3) is 5.63. The zero-order chi connectivity index (χ0) is 36.0. The topological polar surface area (TPSA) is 6.48 Å². The van der Waals surface area contributed by atoms with E-state index < -0.39 is 0 Å². The molecule has 254 valence electrons. The van der Waals surface area contributed by atoms with Crippen LogP contribution < -0.4 is 9.80 Å². The van der Waals surface area contributed by atoms with Gasteiger partial charge in [-0.3, -0.25) is 0 Å². The van der Waals surface area contributed by atoms with Gasteiger partial charge in [0.2, 0.25) is 0 Å². The van der Waals surface area contributed by atoms with E-state index in [-0.39, 0.29) is 10.8 Å². The van der Waals surface area contributed by atoms with Crippen LogP contribution in [0, 0.1) is 10.8 Å². The summed E-state index contributed by atoms with van der Waals surface area (Å²) >= 11 is 12.8. The van der Waals surface area contributed by atoms with E-state index in [0.29, 0.717) is 0 Å². The zero-order valence-electron chi connectivity index (χ0n) is 29.9. The van der Waals surface area contributed by atoms with E-state index in [4.69, 9.17) is 24.4 Å². The van der Waals surface area contributed by atoms with Gasteiger partial charge < -0.3 is 9.80 Å². The average Bonchev–Trinajstić information content (AvgIpc) is 3.50. The van der Waals surface area contributed by atoms with Crippen LogP contribution >= 0.6 is 24.4 Å². The number of rotatable bonds is 8. The summed E-state index contributed by atoms with van der Waals surface area (Å²) in [5, 5.41) is 0. The Kier molecular flexibility index (Phi) is 8.61. The molecule has 0 aromatic heterocycles. The van der Waals surface area contributed by atoms with E-state index in [0.717, 1.165) is 66.1 Å². The molecule has 2 aliphatic rings. The van der Waals surface area contributed by atoms with E-state index in [1.54, 1.807) is 0 Å². The number of anilines is 6. The number of nitrogens with zero attached hydrogens (tertiary/aromatic N) is 2. The minimum Gasteiger partial charge on any atom is -0.311 e. The molecule has 0 heterocycles. The summed E-state index contributed by atoms with van der Waals surface area (Å²) in [6.45, 7) is 9.02. The largest absolute Gasteiger partial charge is 0.311 e. The zero-order valence-corrected chi connectivity index (χ0v) is 31.5. The molecule has 0 saturated carbocycles. The second kappa shape index (κ2) is 13.3. The van der Waals surface area contributed by atoms with Gasteiger partial charge in [0.15, 0.2) is 0 Å². The molecule has 52 heavy (non-hydrogen) atoms. The quantitative estimate of drug-likeness (QED) is 0.145. The average molecular weight is 709 g/mol. The maximum atomic E-state index is 6.42. The molecule has 0 spiro atoms. The molecule has 0 radical (unpaired) electrons. The SMILES string of the molecule is CC1(C)C(=S)C2=C(c3ccc(N(c4ccccc4)c4ccccc4)cc3)C(C)(C)C(=S)C2=C1c1ccc(N(c2ccccc2)c2ccccc2)cc1. The predicted molar refractivity (Wildman–Crippen MR) is 229 cm³/mol. The lowest BCUT2D eigenvalue weighted by molar-refractivity contribution is 0.706. The Bertz CT molecular complexity index is 2090. The number of hydrogen-bond donors (Lipinski definition) is 0. The molecule has 6 aromatic carbocycles. The fraction of sp³-hybridized carbons (Fsp3) is 0.125. The van der Waals surface area contributed by atoms with Crippen molar-refractivity contribution in [3.63, 3.8) is 0 Å². The number of fused-ring (bicyclic) bond motifs is 1. The van der Waals surface area contributed by atoms with Gasteiger partial charge in [0.05, 0.1) is 0 Å². The van der Waals surface area contributed by atoms with Gasteiger partial charge in [0, 0.05) is 65.8 Å². The molecule has 2 aliphatic carbocycles. The lowest BCUT2D eigenvalue weighted by Gasteiger charge is -2.30. The number of para-hydroxylation sites is 4. The van der Waals surface area contributed by atoms with E-state index in [2.05, 4.69) is 207 Å². The Morgan fingerprint density at radius 2 is 0.558 bits per heavy atom. The number of allylic oxidation sites excluding steroid dienone is 4. The molecule has 0 unspecified atom stereocenters. The van der Waals surface area contributed by atoms with E-state index in [1.807, 2.05) is 0 Å². The van der Waals surface area contributed by atoms with E-state index >= 15 is 0 Å². The molecule has 2 nitrogen and oxygen atoms in total. The predicted octanol–water partition coefficient (Wildman–Crippen LogP) is 13.7. The summed E-state index contributed by atoms with van der Waals surface area (Å²) in [6, 6.07) is 59.9. The second-order valence-electron chi connectivity index (χ2n) is 14.5. The molecule has 0 fully saturated rings. The highest BCUT2D eigenvalue weighted by atomic mass is 32.1. The van der Waals surface area contributed by atoms with Crippen LogP contribution in [0.5, 0.6) is 0 Å². The Balaban J connectivity index is 1.22. The summed E-state index contributed by atoms with van der Waals surface area (Å²) < 4.78 is 0. The Morgan fingerprint density at radius 1 is 0.327 bits per heavy atom. The van der Waals surface area contributed by atoms with E-state index in [1.165, 1.54) is 11.1 Å². The number of benzene rings is 6. The van der Waals surface area contributed by atoms with Crippen LogP contribution in [0.1, 0.15) is 38.8 Å². The molecule has 0 saturated heterocycles. The highest BCUT2D eigenvalue weighted by Crippen LogP contribution is 2.60. The van der Waals surface area contributed by atoms with Crippen LogP contribution in [0.15, 0.2) is 181 Å². The normalized spacial score (nSPS) is 15.9. The van der Waals surface area contributed by atoms with Crippen molar-refractivity contribution in [1.82, 2.24) is 0 Å². The first kappa shape index (κ1) is 33.7. The van der Waals surface area contributed by atoms with Crippen molar-refractivity contribution in [3.05, 3.63) is 192 Å². The minimum absolute atomic E-state index is 0.372. The summed E-state index contributed by atoms with van der Waals surface area (Å²) in [4.78, 5) is 6.50. The van der Waals surface area contributed by atoms with Crippen LogP contribution in [-0.4, -0.2) is 9.73 Å². The van der Waals surface area contributed by atoms with Crippen molar-refractivity contribution < 1.29 is 0 Å². The summed E-state index contributed by atoms with van der Waals surface area (Å²) in [5.41, 5.74) is 12.9. The molecule has 0 N–H and O–H groups in total. The molecule has 0 aliphatic heterocycles. The fourth-order valence-electron chi connectivity index (χ4n) is 7.95. The first-order valence-electron chi connectivity index (χ1n) is 17.8. The maximum absolute atomic E-state index is 6.42. The molecule has 0 amide bonds. The summed E-state index contributed by atoms with van der Waals surface area (Å²) in [7, 11) is 0. The lowest BCUT2D eigenvalue weighted by atomic mass is 9.75. The van der Waals surface area contributed by atoms with Gasteiger partial charge in [0.25, 0.3) is 0 Å². The van der Waals surface area contributed by atoms with Crippen LogP contribution in [0.4, 0.5) is 34.1 Å². The number of hydrogen-bond acceptors (Lipinski definition) is 4. The van der Waals surface area contributed by atoms with Crippen LogP contribution in [-0.2, 0) is 0 Å². The molecule has 4 heteroatoms. The van der Waals surface area contributed by atoms with E-state index in [9.17, 15) is 0 Å². The van der Waals surface area contributed by atoms with Crippen molar-refractivity contribution in [2.45, 2.75) is 27.7 Å². The van der Waals surface area contributed by atoms with Crippen LogP contribution in [0.25, 0.3) is 11.1 Å². The van der Waals surface area contributed by atoms with Gasteiger partial charge in [-0.2, -0.15) is 0 Å². The Morgan fingerprint density at radius 3 is 0.808 bits per heavy atom. The second-order valence-corrected chi connectivity index (χ2v) is 15.3.